The number of nitriles is 1. The molecule has 0 aliphatic heterocycles. The largest absolute Gasteiger partial charge is 0.480 e. The van der Waals surface area contributed by atoms with Gasteiger partial charge in [-0.25, -0.2) is 0 Å². The molecule has 0 aliphatic rings. The van der Waals surface area contributed by atoms with Gasteiger partial charge in [-0.05, 0) is 30.3 Å². The Morgan fingerprint density at radius 2 is 1.92 bits per heavy atom. The van der Waals surface area contributed by atoms with E-state index in [1.54, 1.807) is 30.3 Å². The third-order valence-electron chi connectivity index (χ3n) is 3.02. The maximum atomic E-state index is 12.3. The molecule has 0 heterocycles. The number of ether oxygens (including phenoxy) is 1. The van der Waals surface area contributed by atoms with Crippen molar-refractivity contribution >= 4 is 40.9 Å². The summed E-state index contributed by atoms with van der Waals surface area (Å²) in [7, 11) is 0. The Kier molecular flexibility index (Phi) is 6.48. The molecule has 0 saturated carbocycles. The van der Waals surface area contributed by atoms with Crippen LogP contribution in [0.15, 0.2) is 48.0 Å². The molecule has 0 fully saturated rings. The van der Waals surface area contributed by atoms with Crippen LogP contribution in [0.2, 0.25) is 10.0 Å². The Labute approximate surface area is 155 Å². The van der Waals surface area contributed by atoms with Gasteiger partial charge in [0.2, 0.25) is 0 Å². The zero-order valence-corrected chi connectivity index (χ0v) is 14.4. The molecule has 2 aromatic rings. The molecule has 0 bridgehead atoms. The van der Waals surface area contributed by atoms with Gasteiger partial charge in [-0.2, -0.15) is 5.26 Å². The van der Waals surface area contributed by atoms with Crippen LogP contribution in [-0.4, -0.2) is 12.5 Å². The fourth-order valence-corrected chi connectivity index (χ4v) is 2.51. The average molecular weight is 371 g/mol. The van der Waals surface area contributed by atoms with Gasteiger partial charge < -0.3 is 10.1 Å². The van der Waals surface area contributed by atoms with Crippen molar-refractivity contribution < 1.29 is 9.53 Å². The Morgan fingerprint density at radius 1 is 1.24 bits per heavy atom. The number of benzene rings is 2. The first kappa shape index (κ1) is 18.4. The summed E-state index contributed by atoms with van der Waals surface area (Å²) in [4.78, 5) is 12.3. The van der Waals surface area contributed by atoms with Gasteiger partial charge in [-0.1, -0.05) is 47.3 Å². The molecule has 124 valence electrons. The molecule has 4 nitrogen and oxygen atoms in total. The van der Waals surface area contributed by atoms with Crippen molar-refractivity contribution in [2.75, 3.05) is 11.9 Å². The third-order valence-corrected chi connectivity index (χ3v) is 3.45. The Hall–Kier alpha value is -2.92. The maximum Gasteiger partial charge on any atom is 0.266 e. The molecule has 0 radical (unpaired) electrons. The third kappa shape index (κ3) is 5.29. The molecule has 6 heteroatoms. The number of terminal acetylenes is 1. The molecule has 25 heavy (non-hydrogen) atoms. The van der Waals surface area contributed by atoms with Crippen molar-refractivity contribution in [3.63, 3.8) is 0 Å². The van der Waals surface area contributed by atoms with Gasteiger partial charge in [0.25, 0.3) is 5.91 Å². The highest BCUT2D eigenvalue weighted by molar-refractivity contribution is 6.35. The molecule has 0 saturated heterocycles. The zero-order valence-electron chi connectivity index (χ0n) is 12.9. The molecule has 0 unspecified atom stereocenters. The highest BCUT2D eigenvalue weighted by atomic mass is 35.5. The first-order valence-electron chi connectivity index (χ1n) is 7.08. The molecule has 0 atom stereocenters. The summed E-state index contributed by atoms with van der Waals surface area (Å²) in [5.74, 6) is 2.25. The standard InChI is InChI=1S/C19H12Cl2N2O2/c1-2-7-25-18-6-4-3-5-13(18)8-14(12-22)19(24)23-17-10-15(20)9-16(21)11-17/h1,3-6,8-11H,7H2,(H,23,24)/b14-8+. The van der Waals surface area contributed by atoms with Crippen molar-refractivity contribution in [3.05, 3.63) is 63.6 Å². The minimum Gasteiger partial charge on any atom is -0.480 e. The summed E-state index contributed by atoms with van der Waals surface area (Å²) in [5, 5.41) is 12.6. The summed E-state index contributed by atoms with van der Waals surface area (Å²) in [6, 6.07) is 13.4. The Balaban J connectivity index is 2.27. The van der Waals surface area contributed by atoms with E-state index in [0.717, 1.165) is 0 Å². The monoisotopic (exact) mass is 370 g/mol. The number of hydrogen-bond donors (Lipinski definition) is 1. The van der Waals surface area contributed by atoms with Gasteiger partial charge in [0, 0.05) is 21.3 Å². The molecule has 1 N–H and O–H groups in total. The lowest BCUT2D eigenvalue weighted by Crippen LogP contribution is -2.13. The topological polar surface area (TPSA) is 62.1 Å². The highest BCUT2D eigenvalue weighted by Crippen LogP contribution is 2.24. The van der Waals surface area contributed by atoms with Crippen LogP contribution in [0.5, 0.6) is 5.75 Å². The number of hydrogen-bond acceptors (Lipinski definition) is 3. The maximum absolute atomic E-state index is 12.3. The smallest absolute Gasteiger partial charge is 0.266 e. The van der Waals surface area contributed by atoms with Crippen molar-refractivity contribution in [1.29, 1.82) is 5.26 Å². The van der Waals surface area contributed by atoms with Gasteiger partial charge in [0.05, 0.1) is 0 Å². The summed E-state index contributed by atoms with van der Waals surface area (Å²) < 4.78 is 5.40. The van der Waals surface area contributed by atoms with Gasteiger partial charge in [-0.3, -0.25) is 4.79 Å². The Morgan fingerprint density at radius 3 is 2.56 bits per heavy atom. The number of carbonyl (C=O) groups is 1. The van der Waals surface area contributed by atoms with E-state index in [1.165, 1.54) is 18.2 Å². The van der Waals surface area contributed by atoms with Crippen molar-refractivity contribution in [3.8, 4) is 24.2 Å². The molecule has 0 aliphatic carbocycles. The highest BCUT2D eigenvalue weighted by Gasteiger charge is 2.12. The van der Waals surface area contributed by atoms with E-state index in [-0.39, 0.29) is 12.2 Å². The lowest BCUT2D eigenvalue weighted by Gasteiger charge is -2.08. The summed E-state index contributed by atoms with van der Waals surface area (Å²) in [6.45, 7) is 0.0833. The number of para-hydroxylation sites is 1. The second-order valence-corrected chi connectivity index (χ2v) is 5.69. The number of halogens is 2. The lowest BCUT2D eigenvalue weighted by molar-refractivity contribution is -0.112. The Bertz CT molecular complexity index is 888. The average Bonchev–Trinajstić information content (AvgIpc) is 2.57. The van der Waals surface area contributed by atoms with Gasteiger partial charge >= 0.3 is 0 Å². The van der Waals surface area contributed by atoms with Gasteiger partial charge in [-0.15, -0.1) is 6.42 Å². The first-order chi connectivity index (χ1) is 12.0. The van der Waals surface area contributed by atoms with Crippen LogP contribution in [0.3, 0.4) is 0 Å². The minimum atomic E-state index is -0.590. The quantitative estimate of drug-likeness (QED) is 0.477. The number of amides is 1. The molecule has 0 aromatic heterocycles. The second-order valence-electron chi connectivity index (χ2n) is 4.81. The van der Waals surface area contributed by atoms with Gasteiger partial charge in [0.15, 0.2) is 0 Å². The number of nitrogens with zero attached hydrogens (tertiary/aromatic N) is 1. The van der Waals surface area contributed by atoms with Gasteiger partial charge in [0.1, 0.15) is 24.0 Å². The second kappa shape index (κ2) is 8.80. The SMILES string of the molecule is C#CCOc1ccccc1/C=C(\C#N)C(=O)Nc1cc(Cl)cc(Cl)c1. The fourth-order valence-electron chi connectivity index (χ4n) is 1.98. The van der Waals surface area contributed by atoms with E-state index in [1.807, 2.05) is 6.07 Å². The van der Waals surface area contributed by atoms with Crippen molar-refractivity contribution in [2.24, 2.45) is 0 Å². The number of nitrogens with one attached hydrogen (secondary N) is 1. The van der Waals surface area contributed by atoms with E-state index in [4.69, 9.17) is 34.4 Å². The van der Waals surface area contributed by atoms with E-state index in [9.17, 15) is 10.1 Å². The molecular weight excluding hydrogens is 359 g/mol. The van der Waals surface area contributed by atoms with Crippen LogP contribution in [0.25, 0.3) is 6.08 Å². The van der Waals surface area contributed by atoms with E-state index < -0.39 is 5.91 Å². The number of carbonyl (C=O) groups excluding carboxylic acids is 1. The number of anilines is 1. The lowest BCUT2D eigenvalue weighted by atomic mass is 10.1. The number of rotatable bonds is 5. The summed E-state index contributed by atoms with van der Waals surface area (Å²) >= 11 is 11.8. The van der Waals surface area contributed by atoms with Crippen molar-refractivity contribution in [1.82, 2.24) is 0 Å². The normalized spacial score (nSPS) is 10.5. The predicted octanol–water partition coefficient (Wildman–Crippen LogP) is 4.55. The minimum absolute atomic E-state index is 0.0833. The molecule has 0 spiro atoms. The fraction of sp³-hybridized carbons (Fsp3) is 0.0526. The summed E-state index contributed by atoms with van der Waals surface area (Å²) in [6.07, 6.45) is 6.61. The predicted molar refractivity (Wildman–Crippen MR) is 99.5 cm³/mol. The first-order valence-corrected chi connectivity index (χ1v) is 7.83. The van der Waals surface area contributed by atoms with E-state index >= 15 is 0 Å². The zero-order chi connectivity index (χ0) is 18.2. The summed E-state index contributed by atoms with van der Waals surface area (Å²) in [5.41, 5.74) is 0.849. The van der Waals surface area contributed by atoms with Crippen molar-refractivity contribution in [2.45, 2.75) is 0 Å². The molecular formula is C19H12Cl2N2O2. The van der Waals surface area contributed by atoms with Crippen LogP contribution in [0.1, 0.15) is 5.56 Å². The molecule has 1 amide bonds. The van der Waals surface area contributed by atoms with Crippen LogP contribution >= 0.6 is 23.2 Å². The molecule has 2 rings (SSSR count). The van der Waals surface area contributed by atoms with Crippen LogP contribution in [-0.2, 0) is 4.79 Å². The van der Waals surface area contributed by atoms with E-state index in [0.29, 0.717) is 27.0 Å². The van der Waals surface area contributed by atoms with E-state index in [2.05, 4.69) is 11.2 Å². The van der Waals surface area contributed by atoms with Crippen LogP contribution in [0, 0.1) is 23.7 Å². The van der Waals surface area contributed by atoms with Crippen LogP contribution < -0.4 is 10.1 Å². The van der Waals surface area contributed by atoms with Crippen LogP contribution in [0.4, 0.5) is 5.69 Å². The molecule has 2 aromatic carbocycles.